The molecule has 1 aromatic carbocycles. The number of unbranched alkanes of at least 4 members (excludes halogenated alkanes) is 6. The molecular weight excluding hydrogens is 319 g/mol. The predicted octanol–water partition coefficient (Wildman–Crippen LogP) is 2.43. The molecule has 0 aliphatic carbocycles. The minimum Gasteiger partial charge on any atom is -1.00 e. The van der Waals surface area contributed by atoms with E-state index in [0.29, 0.717) is 0 Å². The number of hydrogen-bond acceptors (Lipinski definition) is 3. The van der Waals surface area contributed by atoms with Crippen LogP contribution >= 0.6 is 0 Å². The van der Waals surface area contributed by atoms with Gasteiger partial charge in [0.2, 0.25) is 0 Å². The third kappa shape index (κ3) is 9.88. The zero-order valence-electron chi connectivity index (χ0n) is 16.2. The van der Waals surface area contributed by atoms with Crippen LogP contribution in [0.4, 0.5) is 0 Å². The zero-order valence-corrected chi connectivity index (χ0v) is 18.0. The number of hydrogen-bond donors (Lipinski definition) is 0. The quantitative estimate of drug-likeness (QED) is 0.350. The molecular formula is C18H31NaO3S. The fourth-order valence-corrected chi connectivity index (χ4v) is 3.75. The van der Waals surface area contributed by atoms with Crippen molar-refractivity contribution in [2.75, 3.05) is 0 Å². The maximum absolute atomic E-state index is 12.2. The Labute approximate surface area is 166 Å². The van der Waals surface area contributed by atoms with E-state index in [0.717, 1.165) is 19.3 Å². The molecule has 1 aromatic rings. The predicted molar refractivity (Wildman–Crippen MR) is 92.5 cm³/mol. The molecule has 0 heterocycles. The maximum atomic E-state index is 12.2. The summed E-state index contributed by atoms with van der Waals surface area (Å²) in [6, 6.07) is 8.35. The largest absolute Gasteiger partial charge is 1.00 e. The molecule has 0 aliphatic rings. The Morgan fingerprint density at radius 3 is 2.04 bits per heavy atom. The van der Waals surface area contributed by atoms with Gasteiger partial charge in [-0.05, 0) is 32.4 Å². The summed E-state index contributed by atoms with van der Waals surface area (Å²) in [5, 5.41) is 0. The van der Waals surface area contributed by atoms with Gasteiger partial charge in [-0.15, -0.1) is 0 Å². The van der Waals surface area contributed by atoms with Gasteiger partial charge in [-0.25, -0.2) is 0 Å². The minimum absolute atomic E-state index is 0. The molecule has 0 saturated carbocycles. The molecule has 0 saturated heterocycles. The van der Waals surface area contributed by atoms with Gasteiger partial charge in [-0.1, -0.05) is 70.1 Å². The SMILES string of the molecule is CCCCCCCCCC(C)(C)OS(=O)(=O)c1ccccc1.[H-].[Na+]. The van der Waals surface area contributed by atoms with Crippen molar-refractivity contribution in [1.29, 1.82) is 0 Å². The van der Waals surface area contributed by atoms with Crippen LogP contribution in [-0.2, 0) is 14.3 Å². The zero-order chi connectivity index (χ0) is 16.5. The van der Waals surface area contributed by atoms with Gasteiger partial charge in [-0.2, -0.15) is 8.42 Å². The Hall–Kier alpha value is 0.130. The summed E-state index contributed by atoms with van der Waals surface area (Å²) in [6.45, 7) is 5.92. The first-order chi connectivity index (χ1) is 10.4. The summed E-state index contributed by atoms with van der Waals surface area (Å²) >= 11 is 0. The molecule has 0 bridgehead atoms. The van der Waals surface area contributed by atoms with Gasteiger partial charge in [0.1, 0.15) is 0 Å². The van der Waals surface area contributed by atoms with Gasteiger partial charge >= 0.3 is 29.6 Å². The third-order valence-electron chi connectivity index (χ3n) is 3.75. The van der Waals surface area contributed by atoms with Crippen molar-refractivity contribution in [3.05, 3.63) is 30.3 Å². The average molecular weight is 350 g/mol. The first-order valence-electron chi connectivity index (χ1n) is 8.38. The molecule has 0 radical (unpaired) electrons. The van der Waals surface area contributed by atoms with Crippen molar-refractivity contribution in [2.45, 2.75) is 82.6 Å². The standard InChI is InChI=1S/C18H30O3S.Na.H/c1-4-5-6-7-8-9-13-16-18(2,3)21-22(19,20)17-14-11-10-12-15-17;;/h10-12,14-15H,4-9,13,16H2,1-3H3;;/q;+1;-1. The van der Waals surface area contributed by atoms with Crippen LogP contribution < -0.4 is 29.6 Å². The molecule has 0 aromatic heterocycles. The van der Waals surface area contributed by atoms with Gasteiger partial charge in [0, 0.05) is 0 Å². The molecule has 23 heavy (non-hydrogen) atoms. The van der Waals surface area contributed by atoms with E-state index < -0.39 is 15.7 Å². The van der Waals surface area contributed by atoms with E-state index in [1.165, 1.54) is 32.1 Å². The van der Waals surface area contributed by atoms with Crippen LogP contribution in [0.2, 0.25) is 0 Å². The van der Waals surface area contributed by atoms with Crippen LogP contribution in [0.5, 0.6) is 0 Å². The smallest absolute Gasteiger partial charge is 1.00 e. The van der Waals surface area contributed by atoms with Gasteiger partial charge in [0.25, 0.3) is 10.1 Å². The molecule has 1 rings (SSSR count). The molecule has 0 aliphatic heterocycles. The average Bonchev–Trinajstić information content (AvgIpc) is 2.46. The van der Waals surface area contributed by atoms with Crippen LogP contribution in [0.25, 0.3) is 0 Å². The van der Waals surface area contributed by atoms with Crippen molar-refractivity contribution >= 4 is 10.1 Å². The van der Waals surface area contributed by atoms with Crippen molar-refractivity contribution in [2.24, 2.45) is 0 Å². The van der Waals surface area contributed by atoms with Crippen molar-refractivity contribution in [3.63, 3.8) is 0 Å². The Morgan fingerprint density at radius 1 is 0.957 bits per heavy atom. The molecule has 128 valence electrons. The topological polar surface area (TPSA) is 43.4 Å². The molecule has 3 nitrogen and oxygen atoms in total. The maximum Gasteiger partial charge on any atom is 1.00 e. The van der Waals surface area contributed by atoms with E-state index in [2.05, 4.69) is 6.92 Å². The van der Waals surface area contributed by atoms with E-state index in [1.807, 2.05) is 13.8 Å². The van der Waals surface area contributed by atoms with E-state index in [9.17, 15) is 8.42 Å². The first kappa shape index (κ1) is 23.1. The Bertz CT molecular complexity index is 518. The third-order valence-corrected chi connectivity index (χ3v) is 5.27. The molecule has 0 spiro atoms. The van der Waals surface area contributed by atoms with E-state index >= 15 is 0 Å². The first-order valence-corrected chi connectivity index (χ1v) is 9.79. The second-order valence-electron chi connectivity index (χ2n) is 6.48. The van der Waals surface area contributed by atoms with Gasteiger partial charge in [-0.3, -0.25) is 4.18 Å². The molecule has 0 atom stereocenters. The number of rotatable bonds is 11. The number of benzene rings is 1. The Kier molecular flexibility index (Phi) is 11.7. The minimum atomic E-state index is -3.67. The molecule has 0 amide bonds. The Balaban J connectivity index is 0. The summed E-state index contributed by atoms with van der Waals surface area (Å²) < 4.78 is 29.9. The van der Waals surface area contributed by atoms with E-state index in [4.69, 9.17) is 4.18 Å². The second kappa shape index (κ2) is 11.6. The monoisotopic (exact) mass is 350 g/mol. The molecule has 0 unspecified atom stereocenters. The Morgan fingerprint density at radius 2 is 1.48 bits per heavy atom. The fourth-order valence-electron chi connectivity index (χ4n) is 2.48. The van der Waals surface area contributed by atoms with Gasteiger partial charge < -0.3 is 1.43 Å². The van der Waals surface area contributed by atoms with E-state index in [-0.39, 0.29) is 35.9 Å². The van der Waals surface area contributed by atoms with Crippen LogP contribution in [0, 0.1) is 0 Å². The molecule has 0 fully saturated rings. The van der Waals surface area contributed by atoms with E-state index in [1.54, 1.807) is 30.3 Å². The normalized spacial score (nSPS) is 12.0. The van der Waals surface area contributed by atoms with Gasteiger partial charge in [0.05, 0.1) is 10.5 Å². The second-order valence-corrected chi connectivity index (χ2v) is 8.03. The van der Waals surface area contributed by atoms with Crippen LogP contribution in [0.3, 0.4) is 0 Å². The summed E-state index contributed by atoms with van der Waals surface area (Å²) in [6.07, 6.45) is 9.28. The van der Waals surface area contributed by atoms with Crippen molar-refractivity contribution < 1.29 is 43.6 Å². The fraction of sp³-hybridized carbons (Fsp3) is 0.667. The van der Waals surface area contributed by atoms with Crippen molar-refractivity contribution in [1.82, 2.24) is 0 Å². The molecule has 5 heteroatoms. The summed E-state index contributed by atoms with van der Waals surface area (Å²) in [4.78, 5) is 0.225. The van der Waals surface area contributed by atoms with Crippen molar-refractivity contribution in [3.8, 4) is 0 Å². The van der Waals surface area contributed by atoms with Gasteiger partial charge in [0.15, 0.2) is 0 Å². The van der Waals surface area contributed by atoms with Crippen LogP contribution in [0.1, 0.15) is 73.6 Å². The molecule has 0 N–H and O–H groups in total. The summed E-state index contributed by atoms with van der Waals surface area (Å²) in [7, 11) is -3.67. The summed E-state index contributed by atoms with van der Waals surface area (Å²) in [5.41, 5.74) is -0.655. The summed E-state index contributed by atoms with van der Waals surface area (Å²) in [5.74, 6) is 0. The van der Waals surface area contributed by atoms with Crippen LogP contribution in [0.15, 0.2) is 35.2 Å². The van der Waals surface area contributed by atoms with Crippen LogP contribution in [-0.4, -0.2) is 14.0 Å².